The quantitative estimate of drug-likeness (QED) is 0.296. The number of nitrogen functional groups attached to an aromatic ring is 1. The molecule has 0 saturated heterocycles. The van der Waals surface area contributed by atoms with Crippen molar-refractivity contribution in [3.05, 3.63) is 29.6 Å². The Kier molecular flexibility index (Phi) is 4.34. The fourth-order valence-electron chi connectivity index (χ4n) is 1.15. The first kappa shape index (κ1) is 12.3. The van der Waals surface area contributed by atoms with Crippen molar-refractivity contribution in [3.8, 4) is 0 Å². The van der Waals surface area contributed by atoms with E-state index < -0.39 is 18.0 Å². The van der Waals surface area contributed by atoms with E-state index >= 15 is 0 Å². The minimum Gasteiger partial charge on any atom is -0.389 e. The molecule has 0 bridgehead atoms. The second-order valence-electron chi connectivity index (χ2n) is 3.08. The molecule has 0 radical (unpaired) electrons. The van der Waals surface area contributed by atoms with Crippen LogP contribution in [0.2, 0.25) is 0 Å². The molecule has 0 aromatic heterocycles. The van der Waals surface area contributed by atoms with Gasteiger partial charge in [0.25, 0.3) is 0 Å². The van der Waals surface area contributed by atoms with Crippen molar-refractivity contribution in [2.45, 2.75) is 12.2 Å². The number of anilines is 1. The molecule has 0 fully saturated rings. The van der Waals surface area contributed by atoms with E-state index in [1.165, 1.54) is 12.1 Å². The number of aliphatic hydroxyl groups is 2. The first-order chi connectivity index (χ1) is 7.10. The summed E-state index contributed by atoms with van der Waals surface area (Å²) in [5.41, 5.74) is 2.59. The lowest BCUT2D eigenvalue weighted by Gasteiger charge is -2.16. The molecule has 5 N–H and O–H groups in total. The Hall–Kier alpha value is -0.820. The number of hydrogen-bond donors (Lipinski definition) is 5. The molecule has 0 aliphatic carbocycles. The van der Waals surface area contributed by atoms with Crippen LogP contribution in [0.1, 0.15) is 11.7 Å². The highest BCUT2D eigenvalue weighted by atomic mass is 32.1. The zero-order chi connectivity index (χ0) is 11.4. The van der Waals surface area contributed by atoms with Crippen molar-refractivity contribution in [1.29, 1.82) is 0 Å². The summed E-state index contributed by atoms with van der Waals surface area (Å²) in [7, 11) is 0. The SMILES string of the molecule is NNc1ccc(C(O)C(O)CS)cc1F. The molecule has 0 amide bonds. The standard InChI is InChI=1S/C9H13FN2O2S/c10-6-3-5(1-2-7(6)12-11)9(14)8(13)4-15/h1-3,8-9,12-15H,4,11H2. The molecule has 84 valence electrons. The van der Waals surface area contributed by atoms with Gasteiger partial charge in [-0.1, -0.05) is 6.07 Å². The van der Waals surface area contributed by atoms with Crippen molar-refractivity contribution in [2.24, 2.45) is 5.84 Å². The maximum Gasteiger partial charge on any atom is 0.147 e. The van der Waals surface area contributed by atoms with Gasteiger partial charge in [-0.2, -0.15) is 12.6 Å². The predicted molar refractivity (Wildman–Crippen MR) is 59.0 cm³/mol. The lowest BCUT2D eigenvalue weighted by atomic mass is 10.0. The molecule has 0 saturated carbocycles. The summed E-state index contributed by atoms with van der Waals surface area (Å²) in [6.45, 7) is 0. The molecule has 0 aliphatic heterocycles. The largest absolute Gasteiger partial charge is 0.389 e. The van der Waals surface area contributed by atoms with E-state index in [1.54, 1.807) is 0 Å². The van der Waals surface area contributed by atoms with Gasteiger partial charge in [0.2, 0.25) is 0 Å². The zero-order valence-electron chi connectivity index (χ0n) is 7.89. The zero-order valence-corrected chi connectivity index (χ0v) is 8.79. The van der Waals surface area contributed by atoms with Crippen LogP contribution in [0, 0.1) is 5.82 Å². The smallest absolute Gasteiger partial charge is 0.147 e. The van der Waals surface area contributed by atoms with Gasteiger partial charge in [0.1, 0.15) is 11.9 Å². The van der Waals surface area contributed by atoms with Crippen LogP contribution in [0.3, 0.4) is 0 Å². The van der Waals surface area contributed by atoms with E-state index in [9.17, 15) is 14.6 Å². The molecule has 1 aromatic rings. The van der Waals surface area contributed by atoms with E-state index in [2.05, 4.69) is 18.1 Å². The Morgan fingerprint density at radius 2 is 2.13 bits per heavy atom. The third-order valence-electron chi connectivity index (χ3n) is 2.04. The van der Waals surface area contributed by atoms with Crippen LogP contribution >= 0.6 is 12.6 Å². The highest BCUT2D eigenvalue weighted by Crippen LogP contribution is 2.22. The van der Waals surface area contributed by atoms with Gasteiger partial charge in [0.15, 0.2) is 0 Å². The first-order valence-corrected chi connectivity index (χ1v) is 4.96. The van der Waals surface area contributed by atoms with E-state index in [-0.39, 0.29) is 17.0 Å². The molecule has 0 heterocycles. The lowest BCUT2D eigenvalue weighted by Crippen LogP contribution is -2.20. The molecule has 0 aliphatic rings. The summed E-state index contributed by atoms with van der Waals surface area (Å²) >= 11 is 3.83. The van der Waals surface area contributed by atoms with Crippen molar-refractivity contribution >= 4 is 18.3 Å². The van der Waals surface area contributed by atoms with Gasteiger partial charge in [0, 0.05) is 5.75 Å². The van der Waals surface area contributed by atoms with Crippen LogP contribution in [0.15, 0.2) is 18.2 Å². The molecule has 2 atom stereocenters. The maximum absolute atomic E-state index is 13.2. The highest BCUT2D eigenvalue weighted by Gasteiger charge is 2.17. The van der Waals surface area contributed by atoms with E-state index in [4.69, 9.17) is 5.84 Å². The summed E-state index contributed by atoms with van der Waals surface area (Å²) in [5.74, 6) is 4.56. The van der Waals surface area contributed by atoms with Crippen LogP contribution < -0.4 is 11.3 Å². The molecule has 4 nitrogen and oxygen atoms in total. The number of rotatable bonds is 4. The van der Waals surface area contributed by atoms with Crippen LogP contribution in [0.4, 0.5) is 10.1 Å². The number of halogens is 1. The van der Waals surface area contributed by atoms with Gasteiger partial charge in [-0.25, -0.2) is 4.39 Å². The normalized spacial score (nSPS) is 14.7. The van der Waals surface area contributed by atoms with Crippen LogP contribution in [-0.2, 0) is 0 Å². The summed E-state index contributed by atoms with van der Waals surface area (Å²) < 4.78 is 13.2. The van der Waals surface area contributed by atoms with Gasteiger partial charge in [0.05, 0.1) is 11.8 Å². The molecule has 0 spiro atoms. The molecule has 1 aromatic carbocycles. The fraction of sp³-hybridized carbons (Fsp3) is 0.333. The number of hydrogen-bond acceptors (Lipinski definition) is 5. The Morgan fingerprint density at radius 3 is 2.60 bits per heavy atom. The second-order valence-corrected chi connectivity index (χ2v) is 3.44. The van der Waals surface area contributed by atoms with Crippen molar-refractivity contribution < 1.29 is 14.6 Å². The Balaban J connectivity index is 2.92. The summed E-state index contributed by atoms with van der Waals surface area (Å²) in [4.78, 5) is 0. The van der Waals surface area contributed by atoms with Gasteiger partial charge >= 0.3 is 0 Å². The molecule has 15 heavy (non-hydrogen) atoms. The highest BCUT2D eigenvalue weighted by molar-refractivity contribution is 7.80. The number of hydrazine groups is 1. The number of nitrogens with two attached hydrogens (primary N) is 1. The van der Waals surface area contributed by atoms with Gasteiger partial charge < -0.3 is 15.6 Å². The number of thiol groups is 1. The third kappa shape index (κ3) is 2.82. The maximum atomic E-state index is 13.2. The Morgan fingerprint density at radius 1 is 1.47 bits per heavy atom. The van der Waals surface area contributed by atoms with Crippen molar-refractivity contribution in [1.82, 2.24) is 0 Å². The fourth-order valence-corrected chi connectivity index (χ4v) is 1.35. The minimum absolute atomic E-state index is 0.0969. The van der Waals surface area contributed by atoms with Crippen LogP contribution in [-0.4, -0.2) is 22.1 Å². The van der Waals surface area contributed by atoms with E-state index in [0.29, 0.717) is 0 Å². The van der Waals surface area contributed by atoms with E-state index in [0.717, 1.165) is 6.07 Å². The number of aliphatic hydroxyl groups excluding tert-OH is 2. The Bertz CT molecular complexity index is 338. The first-order valence-electron chi connectivity index (χ1n) is 4.33. The second kappa shape index (κ2) is 5.32. The summed E-state index contributed by atoms with van der Waals surface area (Å²) in [6, 6.07) is 3.99. The lowest BCUT2D eigenvalue weighted by molar-refractivity contribution is 0.0336. The van der Waals surface area contributed by atoms with Gasteiger partial charge in [-0.05, 0) is 17.7 Å². The summed E-state index contributed by atoms with van der Waals surface area (Å²) in [6.07, 6.45) is -2.17. The van der Waals surface area contributed by atoms with Gasteiger partial charge in [-0.3, -0.25) is 5.84 Å². The third-order valence-corrected chi connectivity index (χ3v) is 2.42. The topological polar surface area (TPSA) is 78.5 Å². The average Bonchev–Trinajstić information content (AvgIpc) is 2.26. The molecular weight excluding hydrogens is 219 g/mol. The Labute approximate surface area is 92.3 Å². The molecule has 1 rings (SSSR count). The van der Waals surface area contributed by atoms with Crippen molar-refractivity contribution in [3.63, 3.8) is 0 Å². The number of nitrogens with one attached hydrogen (secondary N) is 1. The monoisotopic (exact) mass is 232 g/mol. The molecular formula is C9H13FN2O2S. The summed E-state index contributed by atoms with van der Waals surface area (Å²) in [5, 5.41) is 18.9. The molecule has 2 unspecified atom stereocenters. The predicted octanol–water partition coefficient (Wildman–Crippen LogP) is 0.435. The van der Waals surface area contributed by atoms with E-state index in [1.807, 2.05) is 0 Å². The minimum atomic E-state index is -1.15. The number of benzene rings is 1. The molecule has 6 heteroatoms. The average molecular weight is 232 g/mol. The van der Waals surface area contributed by atoms with Gasteiger partial charge in [-0.15, -0.1) is 0 Å². The van der Waals surface area contributed by atoms with Crippen molar-refractivity contribution in [2.75, 3.05) is 11.2 Å². The van der Waals surface area contributed by atoms with Crippen LogP contribution in [0.5, 0.6) is 0 Å². The van der Waals surface area contributed by atoms with Crippen LogP contribution in [0.25, 0.3) is 0 Å².